The number of hydrogen-bond donors (Lipinski definition) is 0. The molecule has 0 aliphatic heterocycles. The molecule has 2 heteroatoms. The highest BCUT2D eigenvalue weighted by molar-refractivity contribution is 8.93. The third kappa shape index (κ3) is 2.48. The molecule has 0 fully saturated rings. The van der Waals surface area contributed by atoms with Crippen LogP contribution < -0.4 is 0 Å². The molecule has 0 aromatic carbocycles. The molecule has 1 aromatic rings. The minimum atomic E-state index is 0. The average molecular weight is 202 g/mol. The van der Waals surface area contributed by atoms with Gasteiger partial charge in [0.25, 0.3) is 0 Å². The van der Waals surface area contributed by atoms with E-state index in [1.54, 1.807) is 0 Å². The average Bonchev–Trinajstić information content (AvgIpc) is 1.88. The summed E-state index contributed by atoms with van der Waals surface area (Å²) in [7, 11) is 0. The Morgan fingerprint density at radius 2 is 2.20 bits per heavy atom. The van der Waals surface area contributed by atoms with Gasteiger partial charge in [-0.05, 0) is 31.0 Å². The van der Waals surface area contributed by atoms with E-state index in [1.807, 2.05) is 12.3 Å². The second kappa shape index (κ2) is 4.45. The lowest BCUT2D eigenvalue weighted by Gasteiger charge is -1.94. The molecule has 56 valence electrons. The highest BCUT2D eigenvalue weighted by atomic mass is 79.9. The topological polar surface area (TPSA) is 12.9 Å². The first-order valence-electron chi connectivity index (χ1n) is 3.24. The maximum absolute atomic E-state index is 4.16. The number of aryl methyl sites for hydroxylation is 2. The summed E-state index contributed by atoms with van der Waals surface area (Å²) in [6.45, 7) is 4.20. The number of nitrogens with zero attached hydrogens (tertiary/aromatic N) is 1. The Morgan fingerprint density at radius 1 is 1.50 bits per heavy atom. The molecule has 0 amide bonds. The van der Waals surface area contributed by atoms with Crippen LogP contribution in [0, 0.1) is 6.92 Å². The molecule has 0 unspecified atom stereocenters. The van der Waals surface area contributed by atoms with Gasteiger partial charge < -0.3 is 0 Å². The fourth-order valence-corrected chi connectivity index (χ4v) is 0.792. The Kier molecular flexibility index (Phi) is 4.28. The highest BCUT2D eigenvalue weighted by Crippen LogP contribution is 1.98. The van der Waals surface area contributed by atoms with Crippen LogP contribution in [0.2, 0.25) is 0 Å². The standard InChI is InChI=1S/C8H11N.BrH/c1-3-8-6-7(2)4-5-9-8;/h4-6H,3H2,1-2H3;1H. The number of rotatable bonds is 1. The first-order valence-corrected chi connectivity index (χ1v) is 3.24. The molecule has 0 atom stereocenters. The van der Waals surface area contributed by atoms with Gasteiger partial charge in [0.15, 0.2) is 0 Å². The van der Waals surface area contributed by atoms with Crippen LogP contribution in [0.4, 0.5) is 0 Å². The van der Waals surface area contributed by atoms with Crippen molar-refractivity contribution < 1.29 is 0 Å². The molecular weight excluding hydrogens is 190 g/mol. The number of halogens is 1. The first-order chi connectivity index (χ1) is 4.33. The summed E-state index contributed by atoms with van der Waals surface area (Å²) < 4.78 is 0. The van der Waals surface area contributed by atoms with E-state index in [2.05, 4.69) is 24.9 Å². The monoisotopic (exact) mass is 201 g/mol. The minimum Gasteiger partial charge on any atom is -0.261 e. The van der Waals surface area contributed by atoms with Crippen LogP contribution in [0.15, 0.2) is 18.3 Å². The van der Waals surface area contributed by atoms with Gasteiger partial charge in [0.1, 0.15) is 0 Å². The fourth-order valence-electron chi connectivity index (χ4n) is 0.792. The predicted molar refractivity (Wildman–Crippen MR) is 48.7 cm³/mol. The quantitative estimate of drug-likeness (QED) is 0.681. The fraction of sp³-hybridized carbons (Fsp3) is 0.375. The summed E-state index contributed by atoms with van der Waals surface area (Å²) in [4.78, 5) is 4.16. The van der Waals surface area contributed by atoms with E-state index in [4.69, 9.17) is 0 Å². The van der Waals surface area contributed by atoms with E-state index in [0.29, 0.717) is 0 Å². The zero-order valence-electron chi connectivity index (χ0n) is 6.29. The lowest BCUT2D eigenvalue weighted by atomic mass is 10.2. The Morgan fingerprint density at radius 3 is 2.60 bits per heavy atom. The molecule has 0 saturated carbocycles. The van der Waals surface area contributed by atoms with Gasteiger partial charge in [0, 0.05) is 11.9 Å². The molecule has 10 heavy (non-hydrogen) atoms. The van der Waals surface area contributed by atoms with Crippen LogP contribution in [0.5, 0.6) is 0 Å². The van der Waals surface area contributed by atoms with Crippen molar-refractivity contribution in [1.29, 1.82) is 0 Å². The van der Waals surface area contributed by atoms with E-state index < -0.39 is 0 Å². The number of pyridine rings is 1. The Labute approximate surface area is 72.3 Å². The zero-order valence-corrected chi connectivity index (χ0v) is 8.01. The van der Waals surface area contributed by atoms with Crippen LogP contribution in [-0.2, 0) is 6.42 Å². The molecule has 0 aliphatic rings. The van der Waals surface area contributed by atoms with Crippen LogP contribution in [0.1, 0.15) is 18.2 Å². The Balaban J connectivity index is 0.000000810. The van der Waals surface area contributed by atoms with Crippen molar-refractivity contribution in [2.24, 2.45) is 0 Å². The molecule has 1 nitrogen and oxygen atoms in total. The van der Waals surface area contributed by atoms with Crippen molar-refractivity contribution >= 4 is 17.0 Å². The van der Waals surface area contributed by atoms with Crippen molar-refractivity contribution in [3.63, 3.8) is 0 Å². The molecule has 0 spiro atoms. The summed E-state index contributed by atoms with van der Waals surface area (Å²) in [6.07, 6.45) is 2.88. The van der Waals surface area contributed by atoms with Gasteiger partial charge in [-0.15, -0.1) is 17.0 Å². The van der Waals surface area contributed by atoms with Crippen molar-refractivity contribution in [1.82, 2.24) is 4.98 Å². The van der Waals surface area contributed by atoms with Crippen molar-refractivity contribution in [2.45, 2.75) is 20.3 Å². The van der Waals surface area contributed by atoms with Crippen LogP contribution in [0.25, 0.3) is 0 Å². The van der Waals surface area contributed by atoms with Gasteiger partial charge >= 0.3 is 0 Å². The summed E-state index contributed by atoms with van der Waals surface area (Å²) >= 11 is 0. The van der Waals surface area contributed by atoms with Crippen LogP contribution >= 0.6 is 17.0 Å². The molecular formula is C8H12BrN. The SMILES string of the molecule is Br.CCc1cc(C)ccn1. The van der Waals surface area contributed by atoms with E-state index >= 15 is 0 Å². The first kappa shape index (κ1) is 9.63. The maximum atomic E-state index is 4.16. The highest BCUT2D eigenvalue weighted by Gasteiger charge is 1.87. The van der Waals surface area contributed by atoms with E-state index in [-0.39, 0.29) is 17.0 Å². The second-order valence-electron chi connectivity index (χ2n) is 2.18. The minimum absolute atomic E-state index is 0. The van der Waals surface area contributed by atoms with Crippen LogP contribution in [0.3, 0.4) is 0 Å². The molecule has 0 radical (unpaired) electrons. The lowest BCUT2D eigenvalue weighted by Crippen LogP contribution is -1.85. The maximum Gasteiger partial charge on any atom is 0.0403 e. The van der Waals surface area contributed by atoms with Crippen LogP contribution in [-0.4, -0.2) is 4.98 Å². The molecule has 0 bridgehead atoms. The second-order valence-corrected chi connectivity index (χ2v) is 2.18. The third-order valence-electron chi connectivity index (χ3n) is 1.33. The molecule has 0 aliphatic carbocycles. The van der Waals surface area contributed by atoms with Gasteiger partial charge in [-0.25, -0.2) is 0 Å². The van der Waals surface area contributed by atoms with Crippen molar-refractivity contribution in [3.05, 3.63) is 29.6 Å². The predicted octanol–water partition coefficient (Wildman–Crippen LogP) is 2.53. The smallest absolute Gasteiger partial charge is 0.0403 e. The Hall–Kier alpha value is -0.370. The van der Waals surface area contributed by atoms with Gasteiger partial charge in [0.05, 0.1) is 0 Å². The Bertz CT molecular complexity index is 198. The number of hydrogen-bond acceptors (Lipinski definition) is 1. The van der Waals surface area contributed by atoms with E-state index in [1.165, 1.54) is 11.3 Å². The number of aromatic nitrogens is 1. The van der Waals surface area contributed by atoms with Gasteiger partial charge in [-0.1, -0.05) is 6.92 Å². The van der Waals surface area contributed by atoms with Gasteiger partial charge in [-0.3, -0.25) is 4.98 Å². The lowest BCUT2D eigenvalue weighted by molar-refractivity contribution is 1.03. The summed E-state index contributed by atoms with van der Waals surface area (Å²) in [6, 6.07) is 4.12. The summed E-state index contributed by atoms with van der Waals surface area (Å²) in [5.74, 6) is 0. The molecule has 1 rings (SSSR count). The van der Waals surface area contributed by atoms with Gasteiger partial charge in [-0.2, -0.15) is 0 Å². The summed E-state index contributed by atoms with van der Waals surface area (Å²) in [5, 5.41) is 0. The largest absolute Gasteiger partial charge is 0.261 e. The van der Waals surface area contributed by atoms with E-state index in [0.717, 1.165) is 6.42 Å². The molecule has 1 heterocycles. The molecule has 0 saturated heterocycles. The normalized spacial score (nSPS) is 8.60. The zero-order chi connectivity index (χ0) is 6.69. The van der Waals surface area contributed by atoms with E-state index in [9.17, 15) is 0 Å². The molecule has 1 aromatic heterocycles. The van der Waals surface area contributed by atoms with Crippen molar-refractivity contribution in [2.75, 3.05) is 0 Å². The van der Waals surface area contributed by atoms with Gasteiger partial charge in [0.2, 0.25) is 0 Å². The third-order valence-corrected chi connectivity index (χ3v) is 1.33. The molecule has 0 N–H and O–H groups in total. The summed E-state index contributed by atoms with van der Waals surface area (Å²) in [5.41, 5.74) is 2.47. The van der Waals surface area contributed by atoms with Crippen molar-refractivity contribution in [3.8, 4) is 0 Å².